The lowest BCUT2D eigenvalue weighted by Crippen LogP contribution is -2.15. The maximum absolute atomic E-state index is 3.97. The molecule has 1 aliphatic carbocycles. The van der Waals surface area contributed by atoms with E-state index in [2.05, 4.69) is 15.3 Å². The second kappa shape index (κ2) is 5.05. The number of nitrogens with one attached hydrogen (secondary N) is 1. The summed E-state index contributed by atoms with van der Waals surface area (Å²) in [7, 11) is 0. The topological polar surface area (TPSA) is 37.8 Å². The molecule has 76 valence electrons. The Morgan fingerprint density at radius 1 is 1.29 bits per heavy atom. The molecule has 1 heterocycles. The smallest absolute Gasteiger partial charge is 0.115 e. The molecule has 3 nitrogen and oxygen atoms in total. The van der Waals surface area contributed by atoms with Gasteiger partial charge < -0.3 is 5.32 Å². The van der Waals surface area contributed by atoms with Crippen molar-refractivity contribution >= 4 is 0 Å². The predicted octanol–water partition coefficient (Wildman–Crippen LogP) is 1.76. The summed E-state index contributed by atoms with van der Waals surface area (Å²) in [5.41, 5.74) is 1.17. The van der Waals surface area contributed by atoms with Gasteiger partial charge in [0.15, 0.2) is 0 Å². The third-order valence-electron chi connectivity index (χ3n) is 2.61. The molecule has 1 aliphatic rings. The maximum Gasteiger partial charge on any atom is 0.115 e. The zero-order chi connectivity index (χ0) is 9.64. The van der Waals surface area contributed by atoms with E-state index in [9.17, 15) is 0 Å². The first kappa shape index (κ1) is 9.59. The van der Waals surface area contributed by atoms with Gasteiger partial charge >= 0.3 is 0 Å². The SMILES string of the molecule is c1ncc(CNCCCC2CC2)cn1. The van der Waals surface area contributed by atoms with Gasteiger partial charge in [0.2, 0.25) is 0 Å². The fourth-order valence-corrected chi connectivity index (χ4v) is 1.58. The molecule has 3 heteroatoms. The van der Waals surface area contributed by atoms with Gasteiger partial charge in [-0.05, 0) is 25.3 Å². The van der Waals surface area contributed by atoms with E-state index in [4.69, 9.17) is 0 Å². The lowest BCUT2D eigenvalue weighted by atomic mass is 10.2. The van der Waals surface area contributed by atoms with E-state index in [-0.39, 0.29) is 0 Å². The van der Waals surface area contributed by atoms with Crippen molar-refractivity contribution in [2.75, 3.05) is 6.54 Å². The Hall–Kier alpha value is -0.960. The van der Waals surface area contributed by atoms with Gasteiger partial charge in [0.25, 0.3) is 0 Å². The van der Waals surface area contributed by atoms with Crippen LogP contribution in [0, 0.1) is 5.92 Å². The van der Waals surface area contributed by atoms with Crippen LogP contribution < -0.4 is 5.32 Å². The molecule has 1 N–H and O–H groups in total. The summed E-state index contributed by atoms with van der Waals surface area (Å²) in [6, 6.07) is 0. The van der Waals surface area contributed by atoms with Crippen molar-refractivity contribution in [1.82, 2.24) is 15.3 Å². The molecular formula is C11H17N3. The summed E-state index contributed by atoms with van der Waals surface area (Å²) in [6.07, 6.45) is 10.9. The Bertz CT molecular complexity index is 256. The summed E-state index contributed by atoms with van der Waals surface area (Å²) < 4.78 is 0. The van der Waals surface area contributed by atoms with Gasteiger partial charge in [-0.2, -0.15) is 0 Å². The zero-order valence-electron chi connectivity index (χ0n) is 8.45. The first-order chi connectivity index (χ1) is 6.95. The molecule has 1 saturated carbocycles. The van der Waals surface area contributed by atoms with Crippen molar-refractivity contribution < 1.29 is 0 Å². The summed E-state index contributed by atoms with van der Waals surface area (Å²) in [6.45, 7) is 2.01. The Morgan fingerprint density at radius 3 is 2.79 bits per heavy atom. The van der Waals surface area contributed by atoms with Crippen LogP contribution >= 0.6 is 0 Å². The number of nitrogens with zero attached hydrogens (tertiary/aromatic N) is 2. The van der Waals surface area contributed by atoms with E-state index in [1.54, 1.807) is 6.33 Å². The van der Waals surface area contributed by atoms with Gasteiger partial charge in [-0.15, -0.1) is 0 Å². The second-order valence-electron chi connectivity index (χ2n) is 4.01. The molecule has 0 radical (unpaired) electrons. The highest BCUT2D eigenvalue weighted by atomic mass is 14.9. The summed E-state index contributed by atoms with van der Waals surface area (Å²) in [5, 5.41) is 3.40. The summed E-state index contributed by atoms with van der Waals surface area (Å²) >= 11 is 0. The minimum atomic E-state index is 0.894. The third kappa shape index (κ3) is 3.42. The lowest BCUT2D eigenvalue weighted by molar-refractivity contribution is 0.592. The minimum absolute atomic E-state index is 0.894. The van der Waals surface area contributed by atoms with Gasteiger partial charge in [-0.1, -0.05) is 12.8 Å². The molecule has 2 rings (SSSR count). The Balaban J connectivity index is 1.54. The van der Waals surface area contributed by atoms with E-state index < -0.39 is 0 Å². The fraction of sp³-hybridized carbons (Fsp3) is 0.636. The van der Waals surface area contributed by atoms with E-state index in [1.165, 1.54) is 31.2 Å². The van der Waals surface area contributed by atoms with E-state index in [0.717, 1.165) is 19.0 Å². The molecule has 0 bridgehead atoms. The van der Waals surface area contributed by atoms with Crippen LogP contribution in [0.3, 0.4) is 0 Å². The third-order valence-corrected chi connectivity index (χ3v) is 2.61. The average Bonchev–Trinajstić information content (AvgIpc) is 3.03. The van der Waals surface area contributed by atoms with Crippen LogP contribution in [-0.4, -0.2) is 16.5 Å². The van der Waals surface area contributed by atoms with Crippen LogP contribution in [0.1, 0.15) is 31.2 Å². The number of hydrogen-bond donors (Lipinski definition) is 1. The molecule has 0 aliphatic heterocycles. The highest BCUT2D eigenvalue weighted by molar-refractivity contribution is 5.01. The van der Waals surface area contributed by atoms with Crippen LogP contribution in [-0.2, 0) is 6.54 Å². The van der Waals surface area contributed by atoms with Gasteiger partial charge in [0.1, 0.15) is 6.33 Å². The molecular weight excluding hydrogens is 174 g/mol. The van der Waals surface area contributed by atoms with Crippen LogP contribution in [0.4, 0.5) is 0 Å². The quantitative estimate of drug-likeness (QED) is 0.696. The average molecular weight is 191 g/mol. The highest BCUT2D eigenvalue weighted by Crippen LogP contribution is 2.33. The Kier molecular flexibility index (Phi) is 3.46. The first-order valence-corrected chi connectivity index (χ1v) is 5.40. The van der Waals surface area contributed by atoms with Crippen molar-refractivity contribution in [3.63, 3.8) is 0 Å². The molecule has 0 amide bonds. The van der Waals surface area contributed by atoms with Crippen LogP contribution in [0.25, 0.3) is 0 Å². The summed E-state index contributed by atoms with van der Waals surface area (Å²) in [5.74, 6) is 1.05. The monoisotopic (exact) mass is 191 g/mol. The van der Waals surface area contributed by atoms with Crippen molar-refractivity contribution in [3.8, 4) is 0 Å². The van der Waals surface area contributed by atoms with Gasteiger partial charge in [0, 0.05) is 24.5 Å². The summed E-state index contributed by atoms with van der Waals surface area (Å²) in [4.78, 5) is 7.94. The highest BCUT2D eigenvalue weighted by Gasteiger charge is 2.19. The number of hydrogen-bond acceptors (Lipinski definition) is 3. The molecule has 0 spiro atoms. The van der Waals surface area contributed by atoms with E-state index in [0.29, 0.717) is 0 Å². The van der Waals surface area contributed by atoms with Gasteiger partial charge in [0.05, 0.1) is 0 Å². The van der Waals surface area contributed by atoms with Crippen molar-refractivity contribution in [2.45, 2.75) is 32.2 Å². The normalized spacial score (nSPS) is 15.7. The van der Waals surface area contributed by atoms with Crippen molar-refractivity contribution in [2.24, 2.45) is 5.92 Å². The predicted molar refractivity (Wildman–Crippen MR) is 55.7 cm³/mol. The van der Waals surface area contributed by atoms with Crippen LogP contribution in [0.5, 0.6) is 0 Å². The molecule has 1 aromatic rings. The van der Waals surface area contributed by atoms with Crippen LogP contribution in [0.15, 0.2) is 18.7 Å². The lowest BCUT2D eigenvalue weighted by Gasteiger charge is -2.03. The minimum Gasteiger partial charge on any atom is -0.313 e. The van der Waals surface area contributed by atoms with Crippen molar-refractivity contribution in [3.05, 3.63) is 24.3 Å². The maximum atomic E-state index is 3.97. The second-order valence-corrected chi connectivity index (χ2v) is 4.01. The van der Waals surface area contributed by atoms with E-state index in [1.807, 2.05) is 12.4 Å². The fourth-order valence-electron chi connectivity index (χ4n) is 1.58. The number of rotatable bonds is 6. The molecule has 0 unspecified atom stereocenters. The molecule has 14 heavy (non-hydrogen) atoms. The standard InChI is InChI=1S/C11H17N3/c1(2-10-3-4-10)5-12-6-11-7-13-9-14-8-11/h7-10,12H,1-6H2. The molecule has 0 saturated heterocycles. The van der Waals surface area contributed by atoms with Crippen molar-refractivity contribution in [1.29, 1.82) is 0 Å². The first-order valence-electron chi connectivity index (χ1n) is 5.40. The molecule has 1 aromatic heterocycles. The molecule has 1 fully saturated rings. The van der Waals surface area contributed by atoms with Gasteiger partial charge in [-0.25, -0.2) is 9.97 Å². The van der Waals surface area contributed by atoms with Crippen LogP contribution in [0.2, 0.25) is 0 Å². The number of aromatic nitrogens is 2. The van der Waals surface area contributed by atoms with E-state index >= 15 is 0 Å². The molecule has 0 aromatic carbocycles. The van der Waals surface area contributed by atoms with Gasteiger partial charge in [-0.3, -0.25) is 0 Å². The Labute approximate surface area is 85.0 Å². The Morgan fingerprint density at radius 2 is 2.07 bits per heavy atom. The molecule has 0 atom stereocenters. The zero-order valence-corrected chi connectivity index (χ0v) is 8.45. The largest absolute Gasteiger partial charge is 0.313 e.